The summed E-state index contributed by atoms with van der Waals surface area (Å²) in [7, 11) is 0. The van der Waals surface area contributed by atoms with Gasteiger partial charge < -0.3 is 0 Å². The molecule has 68 valence electrons. The Labute approximate surface area is 76.7 Å². The maximum absolute atomic E-state index is 3.72. The smallest absolute Gasteiger partial charge is 0.00518 e. The minimum Gasteiger partial charge on any atom is -0.103 e. The van der Waals surface area contributed by atoms with E-state index in [4.69, 9.17) is 0 Å². The molecule has 0 saturated carbocycles. The molecular formula is C12H20. The largest absolute Gasteiger partial charge is 0.103 e. The Balaban J connectivity index is 4.22. The van der Waals surface area contributed by atoms with Crippen molar-refractivity contribution < 1.29 is 0 Å². The average Bonchev–Trinajstić information content (AvgIpc) is 2.03. The molecule has 1 unspecified atom stereocenters. The fourth-order valence-electron chi connectivity index (χ4n) is 1.12. The normalized spacial score (nSPS) is 16.0. The number of rotatable bonds is 4. The van der Waals surface area contributed by atoms with Gasteiger partial charge in [-0.15, -0.1) is 6.58 Å². The summed E-state index contributed by atoms with van der Waals surface area (Å²) in [6, 6.07) is 0. The first kappa shape index (κ1) is 11.2. The molecule has 0 bridgehead atoms. The maximum Gasteiger partial charge on any atom is -0.00518 e. The molecule has 0 aliphatic heterocycles. The van der Waals surface area contributed by atoms with Crippen LogP contribution >= 0.6 is 0 Å². The van der Waals surface area contributed by atoms with Crippen molar-refractivity contribution in [1.29, 1.82) is 0 Å². The van der Waals surface area contributed by atoms with Crippen LogP contribution < -0.4 is 0 Å². The molecule has 0 nitrogen and oxygen atoms in total. The molecule has 0 aromatic heterocycles. The van der Waals surface area contributed by atoms with Crippen LogP contribution in [-0.2, 0) is 0 Å². The van der Waals surface area contributed by atoms with Gasteiger partial charge in [0.25, 0.3) is 0 Å². The zero-order chi connectivity index (χ0) is 9.56. The van der Waals surface area contributed by atoms with E-state index in [2.05, 4.69) is 46.4 Å². The molecule has 0 aliphatic rings. The van der Waals surface area contributed by atoms with Crippen LogP contribution in [-0.4, -0.2) is 0 Å². The van der Waals surface area contributed by atoms with E-state index >= 15 is 0 Å². The lowest BCUT2D eigenvalue weighted by Crippen LogP contribution is -1.92. The number of hydrogen-bond donors (Lipinski definition) is 0. The SMILES string of the molecule is C=CCC(C)=CC(C)C(C)=CC. The van der Waals surface area contributed by atoms with Crippen molar-refractivity contribution in [2.45, 2.75) is 34.1 Å². The minimum absolute atomic E-state index is 0.565. The predicted octanol–water partition coefficient (Wildman–Crippen LogP) is 4.11. The number of hydrogen-bond acceptors (Lipinski definition) is 0. The summed E-state index contributed by atoms with van der Waals surface area (Å²) in [6.07, 6.45) is 7.42. The van der Waals surface area contributed by atoms with Crippen molar-refractivity contribution in [2.75, 3.05) is 0 Å². The van der Waals surface area contributed by atoms with E-state index in [0.717, 1.165) is 6.42 Å². The van der Waals surface area contributed by atoms with E-state index < -0.39 is 0 Å². The molecule has 0 radical (unpaired) electrons. The van der Waals surface area contributed by atoms with Crippen molar-refractivity contribution in [3.05, 3.63) is 36.0 Å². The topological polar surface area (TPSA) is 0 Å². The fraction of sp³-hybridized carbons (Fsp3) is 0.500. The zero-order valence-corrected chi connectivity index (χ0v) is 8.72. The summed E-state index contributed by atoms with van der Waals surface area (Å²) < 4.78 is 0. The van der Waals surface area contributed by atoms with E-state index in [9.17, 15) is 0 Å². The van der Waals surface area contributed by atoms with Gasteiger partial charge in [-0.1, -0.05) is 36.3 Å². The molecule has 0 amide bonds. The van der Waals surface area contributed by atoms with Crippen LogP contribution in [0.15, 0.2) is 36.0 Å². The third-order valence-corrected chi connectivity index (χ3v) is 2.17. The molecule has 0 spiro atoms. The molecule has 0 aromatic rings. The Kier molecular flexibility index (Phi) is 5.44. The van der Waals surface area contributed by atoms with Gasteiger partial charge >= 0.3 is 0 Å². The molecule has 0 fully saturated rings. The molecule has 1 atom stereocenters. The van der Waals surface area contributed by atoms with Gasteiger partial charge in [-0.05, 0) is 33.1 Å². The van der Waals surface area contributed by atoms with Crippen molar-refractivity contribution in [2.24, 2.45) is 5.92 Å². The maximum atomic E-state index is 3.72. The standard InChI is InChI=1S/C12H20/c1-6-8-10(3)9-12(5)11(4)7-2/h6-7,9,12H,1,8H2,2-5H3. The predicted molar refractivity (Wildman–Crippen MR) is 57.2 cm³/mol. The van der Waals surface area contributed by atoms with Crippen LogP contribution in [0.2, 0.25) is 0 Å². The van der Waals surface area contributed by atoms with Gasteiger partial charge in [-0.25, -0.2) is 0 Å². The first-order chi connectivity index (χ1) is 5.61. The third-order valence-electron chi connectivity index (χ3n) is 2.17. The fourth-order valence-corrected chi connectivity index (χ4v) is 1.12. The summed E-state index contributed by atoms with van der Waals surface area (Å²) in [4.78, 5) is 0. The Morgan fingerprint density at radius 3 is 2.42 bits per heavy atom. The van der Waals surface area contributed by atoms with Crippen molar-refractivity contribution in [3.63, 3.8) is 0 Å². The van der Waals surface area contributed by atoms with Crippen LogP contribution in [0, 0.1) is 5.92 Å². The van der Waals surface area contributed by atoms with Crippen molar-refractivity contribution >= 4 is 0 Å². The van der Waals surface area contributed by atoms with E-state index in [-0.39, 0.29) is 0 Å². The molecule has 12 heavy (non-hydrogen) atoms. The van der Waals surface area contributed by atoms with E-state index in [0.29, 0.717) is 5.92 Å². The minimum atomic E-state index is 0.565. The van der Waals surface area contributed by atoms with Crippen molar-refractivity contribution in [3.8, 4) is 0 Å². The van der Waals surface area contributed by atoms with Gasteiger partial charge in [0.2, 0.25) is 0 Å². The van der Waals surface area contributed by atoms with Gasteiger partial charge in [-0.2, -0.15) is 0 Å². The van der Waals surface area contributed by atoms with Crippen molar-refractivity contribution in [1.82, 2.24) is 0 Å². The first-order valence-electron chi connectivity index (χ1n) is 4.52. The second-order valence-electron chi connectivity index (χ2n) is 3.33. The second kappa shape index (κ2) is 5.82. The lowest BCUT2D eigenvalue weighted by atomic mass is 9.99. The lowest BCUT2D eigenvalue weighted by Gasteiger charge is -2.07. The summed E-state index contributed by atoms with van der Waals surface area (Å²) >= 11 is 0. The molecule has 0 aromatic carbocycles. The highest BCUT2D eigenvalue weighted by molar-refractivity contribution is 5.14. The van der Waals surface area contributed by atoms with Crippen LogP contribution in [0.3, 0.4) is 0 Å². The second-order valence-corrected chi connectivity index (χ2v) is 3.33. The molecule has 0 N–H and O–H groups in total. The Morgan fingerprint density at radius 2 is 2.00 bits per heavy atom. The quantitative estimate of drug-likeness (QED) is 0.548. The summed E-state index contributed by atoms with van der Waals surface area (Å²) in [5.41, 5.74) is 2.83. The summed E-state index contributed by atoms with van der Waals surface area (Å²) in [6.45, 7) is 12.4. The summed E-state index contributed by atoms with van der Waals surface area (Å²) in [5, 5.41) is 0. The highest BCUT2D eigenvalue weighted by Crippen LogP contribution is 2.14. The molecule has 0 aliphatic carbocycles. The van der Waals surface area contributed by atoms with Gasteiger partial charge in [0, 0.05) is 0 Å². The van der Waals surface area contributed by atoms with E-state index in [1.165, 1.54) is 11.1 Å². The van der Waals surface area contributed by atoms with Crippen LogP contribution in [0.25, 0.3) is 0 Å². The molecular weight excluding hydrogens is 144 g/mol. The Morgan fingerprint density at radius 1 is 1.42 bits per heavy atom. The van der Waals surface area contributed by atoms with Crippen LogP contribution in [0.4, 0.5) is 0 Å². The highest BCUT2D eigenvalue weighted by Gasteiger charge is 1.98. The molecule has 0 heterocycles. The van der Waals surface area contributed by atoms with Gasteiger partial charge in [0.05, 0.1) is 0 Å². The van der Waals surface area contributed by atoms with Gasteiger partial charge in [-0.3, -0.25) is 0 Å². The van der Waals surface area contributed by atoms with Gasteiger partial charge in [0.15, 0.2) is 0 Å². The van der Waals surface area contributed by atoms with Crippen LogP contribution in [0.5, 0.6) is 0 Å². The highest BCUT2D eigenvalue weighted by atomic mass is 14.0. The van der Waals surface area contributed by atoms with E-state index in [1.54, 1.807) is 0 Å². The molecule has 0 rings (SSSR count). The lowest BCUT2D eigenvalue weighted by molar-refractivity contribution is 0.844. The average molecular weight is 164 g/mol. The van der Waals surface area contributed by atoms with Crippen LogP contribution in [0.1, 0.15) is 34.1 Å². The molecule has 0 heteroatoms. The monoisotopic (exact) mass is 164 g/mol. The Hall–Kier alpha value is -0.780. The van der Waals surface area contributed by atoms with E-state index in [1.807, 2.05) is 6.08 Å². The Bertz CT molecular complexity index is 194. The summed E-state index contributed by atoms with van der Waals surface area (Å²) in [5.74, 6) is 0.565. The first-order valence-corrected chi connectivity index (χ1v) is 4.52. The molecule has 0 saturated heterocycles. The third kappa shape index (κ3) is 4.17. The zero-order valence-electron chi connectivity index (χ0n) is 8.72. The number of allylic oxidation sites excluding steroid dienone is 5. The van der Waals surface area contributed by atoms with Gasteiger partial charge in [0.1, 0.15) is 0 Å².